The van der Waals surface area contributed by atoms with Crippen LogP contribution < -0.4 is 20.1 Å². The molecule has 4 rings (SSSR count). The summed E-state index contributed by atoms with van der Waals surface area (Å²) in [6.07, 6.45) is 6.75. The second-order valence-electron chi connectivity index (χ2n) is 7.90. The quantitative estimate of drug-likeness (QED) is 0.595. The van der Waals surface area contributed by atoms with Crippen LogP contribution in [0, 0.1) is 0 Å². The lowest BCUT2D eigenvalue weighted by Crippen LogP contribution is -2.28. The Morgan fingerprint density at radius 3 is 2.23 bits per heavy atom. The van der Waals surface area contributed by atoms with E-state index in [9.17, 15) is 13.2 Å². The van der Waals surface area contributed by atoms with Crippen LogP contribution in [0.3, 0.4) is 0 Å². The SMILES string of the molecule is O=C(NCc1ccc(S(=O)(=O)NC2CC2)cc1)Nc1ccc(OC2CCCC2)cc1. The topological polar surface area (TPSA) is 96.5 Å². The van der Waals surface area contributed by atoms with Crippen LogP contribution in [0.2, 0.25) is 0 Å². The van der Waals surface area contributed by atoms with E-state index < -0.39 is 10.0 Å². The predicted octanol–water partition coefficient (Wildman–Crippen LogP) is 3.77. The molecule has 0 spiro atoms. The van der Waals surface area contributed by atoms with E-state index in [1.165, 1.54) is 12.8 Å². The molecule has 30 heavy (non-hydrogen) atoms. The molecule has 0 atom stereocenters. The van der Waals surface area contributed by atoms with E-state index in [1.54, 1.807) is 24.3 Å². The molecule has 0 aliphatic heterocycles. The monoisotopic (exact) mass is 429 g/mol. The van der Waals surface area contributed by atoms with Gasteiger partial charge < -0.3 is 15.4 Å². The molecule has 0 heterocycles. The number of carbonyl (C=O) groups is 1. The zero-order valence-corrected chi connectivity index (χ0v) is 17.6. The number of nitrogens with one attached hydrogen (secondary N) is 3. The van der Waals surface area contributed by atoms with Crippen molar-refractivity contribution in [1.29, 1.82) is 0 Å². The highest BCUT2D eigenvalue weighted by molar-refractivity contribution is 7.89. The van der Waals surface area contributed by atoms with E-state index in [0.29, 0.717) is 18.3 Å². The molecule has 8 heteroatoms. The summed E-state index contributed by atoms with van der Waals surface area (Å²) in [5, 5.41) is 5.56. The zero-order valence-electron chi connectivity index (χ0n) is 16.8. The minimum Gasteiger partial charge on any atom is -0.490 e. The van der Waals surface area contributed by atoms with Gasteiger partial charge in [-0.15, -0.1) is 0 Å². The Morgan fingerprint density at radius 2 is 1.60 bits per heavy atom. The van der Waals surface area contributed by atoms with Crippen LogP contribution in [0.5, 0.6) is 5.75 Å². The smallest absolute Gasteiger partial charge is 0.319 e. The van der Waals surface area contributed by atoms with Gasteiger partial charge in [0.25, 0.3) is 0 Å². The van der Waals surface area contributed by atoms with Crippen molar-refractivity contribution >= 4 is 21.7 Å². The molecule has 2 aromatic rings. The molecule has 2 aromatic carbocycles. The first-order valence-corrected chi connectivity index (χ1v) is 11.9. The lowest BCUT2D eigenvalue weighted by atomic mass is 10.2. The predicted molar refractivity (Wildman–Crippen MR) is 115 cm³/mol. The van der Waals surface area contributed by atoms with Gasteiger partial charge in [0, 0.05) is 18.3 Å². The zero-order chi connectivity index (χ0) is 21.0. The Morgan fingerprint density at radius 1 is 0.933 bits per heavy atom. The summed E-state index contributed by atoms with van der Waals surface area (Å²) in [5.74, 6) is 0.819. The number of hydrogen-bond acceptors (Lipinski definition) is 4. The minimum atomic E-state index is -3.46. The maximum atomic E-state index is 12.2. The van der Waals surface area contributed by atoms with Crippen LogP contribution in [-0.2, 0) is 16.6 Å². The molecule has 0 unspecified atom stereocenters. The maximum Gasteiger partial charge on any atom is 0.319 e. The number of rotatable bonds is 8. The number of hydrogen-bond donors (Lipinski definition) is 3. The highest BCUT2D eigenvalue weighted by atomic mass is 32.2. The molecule has 2 amide bonds. The molecule has 0 bridgehead atoms. The summed E-state index contributed by atoms with van der Waals surface area (Å²) in [7, 11) is -3.46. The number of amides is 2. The fourth-order valence-corrected chi connectivity index (χ4v) is 4.75. The standard InChI is InChI=1S/C22H27N3O4S/c26-22(24-17-9-11-20(12-10-17)29-19-3-1-2-4-19)23-15-16-5-13-21(14-6-16)30(27,28)25-18-7-8-18/h5-6,9-14,18-19,25H,1-4,7-8,15H2,(H2,23,24,26). The van der Waals surface area contributed by atoms with Gasteiger partial charge in [0.1, 0.15) is 5.75 Å². The van der Waals surface area contributed by atoms with Gasteiger partial charge in [0.2, 0.25) is 10.0 Å². The van der Waals surface area contributed by atoms with Crippen LogP contribution in [0.15, 0.2) is 53.4 Å². The average Bonchev–Trinajstić information content (AvgIpc) is 3.39. The summed E-state index contributed by atoms with van der Waals surface area (Å²) >= 11 is 0. The van der Waals surface area contributed by atoms with Crippen LogP contribution in [-0.4, -0.2) is 26.6 Å². The van der Waals surface area contributed by atoms with Crippen LogP contribution in [0.25, 0.3) is 0 Å². The Hall–Kier alpha value is -2.58. The third-order valence-corrected chi connectivity index (χ3v) is 6.84. The van der Waals surface area contributed by atoms with Crippen molar-refractivity contribution < 1.29 is 17.9 Å². The van der Waals surface area contributed by atoms with Gasteiger partial charge in [-0.05, 0) is 80.5 Å². The van der Waals surface area contributed by atoms with Gasteiger partial charge in [-0.2, -0.15) is 0 Å². The van der Waals surface area contributed by atoms with E-state index in [4.69, 9.17) is 4.74 Å². The van der Waals surface area contributed by atoms with Gasteiger partial charge in [-0.3, -0.25) is 0 Å². The Bertz CT molecular complexity index is 964. The van der Waals surface area contributed by atoms with E-state index in [0.717, 1.165) is 37.0 Å². The fourth-order valence-electron chi connectivity index (χ4n) is 3.45. The lowest BCUT2D eigenvalue weighted by molar-refractivity contribution is 0.210. The first-order chi connectivity index (χ1) is 14.5. The second-order valence-corrected chi connectivity index (χ2v) is 9.61. The van der Waals surface area contributed by atoms with Gasteiger partial charge in [-0.1, -0.05) is 12.1 Å². The van der Waals surface area contributed by atoms with Crippen LogP contribution in [0.1, 0.15) is 44.1 Å². The molecule has 160 valence electrons. The molecule has 2 fully saturated rings. The van der Waals surface area contributed by atoms with Gasteiger partial charge in [0.15, 0.2) is 0 Å². The Labute approximate surface area is 177 Å². The van der Waals surface area contributed by atoms with Crippen molar-refractivity contribution in [2.75, 3.05) is 5.32 Å². The highest BCUT2D eigenvalue weighted by Gasteiger charge is 2.27. The molecular weight excluding hydrogens is 402 g/mol. The number of sulfonamides is 1. The van der Waals surface area contributed by atoms with Gasteiger partial charge in [0.05, 0.1) is 11.0 Å². The van der Waals surface area contributed by atoms with Crippen molar-refractivity contribution in [3.8, 4) is 5.75 Å². The van der Waals surface area contributed by atoms with Gasteiger partial charge >= 0.3 is 6.03 Å². The van der Waals surface area contributed by atoms with Crippen molar-refractivity contribution in [3.05, 3.63) is 54.1 Å². The largest absolute Gasteiger partial charge is 0.490 e. The second kappa shape index (κ2) is 9.06. The lowest BCUT2D eigenvalue weighted by Gasteiger charge is -2.13. The van der Waals surface area contributed by atoms with Crippen LogP contribution >= 0.6 is 0 Å². The highest BCUT2D eigenvalue weighted by Crippen LogP contribution is 2.25. The van der Waals surface area contributed by atoms with Crippen molar-refractivity contribution in [3.63, 3.8) is 0 Å². The number of ether oxygens (including phenoxy) is 1. The molecule has 7 nitrogen and oxygen atoms in total. The first-order valence-electron chi connectivity index (χ1n) is 10.4. The minimum absolute atomic E-state index is 0.0726. The first kappa shape index (κ1) is 20.7. The van der Waals surface area contributed by atoms with Crippen LogP contribution in [0.4, 0.5) is 10.5 Å². The molecule has 0 radical (unpaired) electrons. The number of urea groups is 1. The maximum absolute atomic E-state index is 12.2. The number of anilines is 1. The normalized spacial score (nSPS) is 16.9. The summed E-state index contributed by atoms with van der Waals surface area (Å²) in [6, 6.07) is 13.6. The molecular formula is C22H27N3O4S. The molecule has 0 saturated heterocycles. The van der Waals surface area contributed by atoms with Crippen molar-refractivity contribution in [2.24, 2.45) is 0 Å². The van der Waals surface area contributed by atoms with E-state index in [-0.39, 0.29) is 17.0 Å². The van der Waals surface area contributed by atoms with E-state index in [1.807, 2.05) is 24.3 Å². The average molecular weight is 430 g/mol. The molecule has 2 aliphatic rings. The van der Waals surface area contributed by atoms with E-state index >= 15 is 0 Å². The summed E-state index contributed by atoms with van der Waals surface area (Å²) < 4.78 is 32.9. The molecule has 2 saturated carbocycles. The molecule has 2 aliphatic carbocycles. The van der Waals surface area contributed by atoms with Crippen molar-refractivity contribution in [2.45, 2.75) is 62.1 Å². The fraction of sp³-hybridized carbons (Fsp3) is 0.409. The summed E-state index contributed by atoms with van der Waals surface area (Å²) in [5.41, 5.74) is 1.50. The Kier molecular flexibility index (Phi) is 6.24. The van der Waals surface area contributed by atoms with Crippen molar-refractivity contribution in [1.82, 2.24) is 10.0 Å². The molecule has 3 N–H and O–H groups in total. The Balaban J connectivity index is 1.24. The van der Waals surface area contributed by atoms with Gasteiger partial charge in [-0.25, -0.2) is 17.9 Å². The summed E-state index contributed by atoms with van der Waals surface area (Å²) in [6.45, 7) is 0.297. The van der Waals surface area contributed by atoms with E-state index in [2.05, 4.69) is 15.4 Å². The third kappa shape index (κ3) is 5.73. The third-order valence-electron chi connectivity index (χ3n) is 5.30. The molecule has 0 aromatic heterocycles. The number of benzene rings is 2. The number of carbonyl (C=O) groups excluding carboxylic acids is 1. The summed E-state index contributed by atoms with van der Waals surface area (Å²) in [4.78, 5) is 12.4.